The number of rotatable bonds is 4. The topological polar surface area (TPSA) is 63.4 Å². The molecule has 0 spiro atoms. The first-order valence-corrected chi connectivity index (χ1v) is 7.02. The fraction of sp³-hybridized carbons (Fsp3) is 0.300. The van der Waals surface area contributed by atoms with Gasteiger partial charge in [-0.2, -0.15) is 4.31 Å². The molecule has 0 aliphatic carbocycles. The first kappa shape index (κ1) is 14.4. The van der Waals surface area contributed by atoms with Crippen molar-refractivity contribution in [2.75, 3.05) is 7.05 Å². The monoisotopic (exact) mass is 292 g/mol. The summed E-state index contributed by atoms with van der Waals surface area (Å²) in [6, 6.07) is 5.50. The van der Waals surface area contributed by atoms with Crippen LogP contribution in [-0.4, -0.2) is 30.8 Å². The molecule has 0 fully saturated rings. The molecular formula is C10H13ClN2O2S2. The first-order valence-electron chi connectivity index (χ1n) is 4.79. The minimum absolute atomic E-state index is 0.121. The van der Waals surface area contributed by atoms with E-state index in [1.165, 1.54) is 19.2 Å². The largest absolute Gasteiger partial charge is 0.392 e. The van der Waals surface area contributed by atoms with E-state index < -0.39 is 16.1 Å². The Kier molecular flexibility index (Phi) is 4.48. The number of halogens is 1. The molecule has 4 nitrogen and oxygen atoms in total. The smallest absolute Gasteiger partial charge is 0.243 e. The summed E-state index contributed by atoms with van der Waals surface area (Å²) in [6.45, 7) is 1.63. The van der Waals surface area contributed by atoms with Gasteiger partial charge in [0.2, 0.25) is 10.0 Å². The Morgan fingerprint density at radius 2 is 2.12 bits per heavy atom. The molecule has 0 saturated heterocycles. The molecule has 7 heteroatoms. The van der Waals surface area contributed by atoms with E-state index in [9.17, 15) is 8.42 Å². The molecule has 1 rings (SSSR count). The van der Waals surface area contributed by atoms with Crippen LogP contribution in [0.15, 0.2) is 29.2 Å². The van der Waals surface area contributed by atoms with Gasteiger partial charge in [0, 0.05) is 12.1 Å². The van der Waals surface area contributed by atoms with E-state index in [-0.39, 0.29) is 9.88 Å². The summed E-state index contributed by atoms with van der Waals surface area (Å²) < 4.78 is 25.5. The zero-order valence-electron chi connectivity index (χ0n) is 9.42. The Bertz CT molecular complexity index is 531. The van der Waals surface area contributed by atoms with Gasteiger partial charge in [-0.25, -0.2) is 8.42 Å². The van der Waals surface area contributed by atoms with Crippen molar-refractivity contribution >= 4 is 38.8 Å². The third-order valence-electron chi connectivity index (χ3n) is 2.43. The summed E-state index contributed by atoms with van der Waals surface area (Å²) in [5.41, 5.74) is 5.44. The number of benzene rings is 1. The highest BCUT2D eigenvalue weighted by Crippen LogP contribution is 2.20. The van der Waals surface area contributed by atoms with Crippen LogP contribution in [-0.2, 0) is 10.0 Å². The van der Waals surface area contributed by atoms with Crippen LogP contribution < -0.4 is 5.73 Å². The van der Waals surface area contributed by atoms with E-state index >= 15 is 0 Å². The molecule has 0 radical (unpaired) electrons. The fourth-order valence-electron chi connectivity index (χ4n) is 1.18. The van der Waals surface area contributed by atoms with Gasteiger partial charge >= 0.3 is 0 Å². The van der Waals surface area contributed by atoms with Gasteiger partial charge < -0.3 is 5.73 Å². The highest BCUT2D eigenvalue weighted by molar-refractivity contribution is 7.89. The third kappa shape index (κ3) is 3.16. The molecule has 0 aliphatic heterocycles. The molecule has 0 amide bonds. The molecule has 0 saturated carbocycles. The number of likely N-dealkylation sites (N-methyl/N-ethyl adjacent to an activating group) is 1. The first-order chi connectivity index (χ1) is 7.76. The van der Waals surface area contributed by atoms with Crippen molar-refractivity contribution in [3.63, 3.8) is 0 Å². The average Bonchev–Trinajstić information content (AvgIpc) is 2.26. The van der Waals surface area contributed by atoms with Crippen molar-refractivity contribution in [3.8, 4) is 0 Å². The molecule has 1 aromatic rings. The van der Waals surface area contributed by atoms with Crippen molar-refractivity contribution < 1.29 is 8.42 Å². The van der Waals surface area contributed by atoms with E-state index in [2.05, 4.69) is 0 Å². The van der Waals surface area contributed by atoms with Crippen LogP contribution in [0.2, 0.25) is 5.02 Å². The van der Waals surface area contributed by atoms with Crippen molar-refractivity contribution in [1.29, 1.82) is 0 Å². The Labute approximate surface area is 111 Å². The lowest BCUT2D eigenvalue weighted by Gasteiger charge is -2.23. The summed E-state index contributed by atoms with van der Waals surface area (Å²) in [4.78, 5) is 0.244. The average molecular weight is 293 g/mol. The number of sulfonamides is 1. The zero-order valence-corrected chi connectivity index (χ0v) is 11.8. The van der Waals surface area contributed by atoms with Gasteiger partial charge in [0.05, 0.1) is 15.9 Å². The molecule has 17 heavy (non-hydrogen) atoms. The minimum Gasteiger partial charge on any atom is -0.392 e. The molecule has 0 aromatic heterocycles. The van der Waals surface area contributed by atoms with Crippen LogP contribution >= 0.6 is 23.8 Å². The SMILES string of the molecule is CC(C(N)=S)N(C)S(=O)(=O)c1cccc(Cl)c1. The summed E-state index contributed by atoms with van der Waals surface area (Å²) in [5, 5.41) is 0.363. The highest BCUT2D eigenvalue weighted by Gasteiger charge is 2.26. The van der Waals surface area contributed by atoms with Crippen LogP contribution in [0, 0.1) is 0 Å². The number of nitrogens with two attached hydrogens (primary N) is 1. The Morgan fingerprint density at radius 1 is 1.53 bits per heavy atom. The van der Waals surface area contributed by atoms with Gasteiger partial charge in [0.15, 0.2) is 0 Å². The summed E-state index contributed by atoms with van der Waals surface area (Å²) in [7, 11) is -2.19. The maximum atomic E-state index is 12.2. The lowest BCUT2D eigenvalue weighted by Crippen LogP contribution is -2.42. The normalized spacial score (nSPS) is 13.6. The van der Waals surface area contributed by atoms with Crippen LogP contribution in [0.5, 0.6) is 0 Å². The molecule has 0 heterocycles. The fourth-order valence-corrected chi connectivity index (χ4v) is 3.05. The van der Waals surface area contributed by atoms with Crippen LogP contribution in [0.25, 0.3) is 0 Å². The van der Waals surface area contributed by atoms with E-state index in [1.54, 1.807) is 19.1 Å². The number of nitrogens with zero attached hydrogens (tertiary/aromatic N) is 1. The molecule has 0 aliphatic rings. The maximum Gasteiger partial charge on any atom is 0.243 e. The second-order valence-corrected chi connectivity index (χ2v) is 6.46. The van der Waals surface area contributed by atoms with Crippen molar-refractivity contribution in [2.24, 2.45) is 5.73 Å². The van der Waals surface area contributed by atoms with Gasteiger partial charge in [-0.05, 0) is 25.1 Å². The zero-order chi connectivity index (χ0) is 13.2. The van der Waals surface area contributed by atoms with Gasteiger partial charge in [-0.3, -0.25) is 0 Å². The predicted molar refractivity (Wildman–Crippen MR) is 72.6 cm³/mol. The third-order valence-corrected chi connectivity index (χ3v) is 4.93. The van der Waals surface area contributed by atoms with Crippen LogP contribution in [0.4, 0.5) is 0 Å². The second-order valence-electron chi connectivity index (χ2n) is 3.56. The molecule has 94 valence electrons. The maximum absolute atomic E-state index is 12.2. The molecule has 1 unspecified atom stereocenters. The second kappa shape index (κ2) is 5.30. The summed E-state index contributed by atoms with van der Waals surface area (Å²) >= 11 is 10.5. The van der Waals surface area contributed by atoms with E-state index in [1.807, 2.05) is 0 Å². The highest BCUT2D eigenvalue weighted by atomic mass is 35.5. The minimum atomic E-state index is -3.62. The van der Waals surface area contributed by atoms with Gasteiger partial charge in [-0.1, -0.05) is 29.9 Å². The van der Waals surface area contributed by atoms with E-state index in [0.29, 0.717) is 5.02 Å². The number of thiocarbonyl (C=S) groups is 1. The van der Waals surface area contributed by atoms with E-state index in [4.69, 9.17) is 29.6 Å². The Hall–Kier alpha value is -0.690. The van der Waals surface area contributed by atoms with E-state index in [0.717, 1.165) is 4.31 Å². The predicted octanol–water partition coefficient (Wildman–Crippen LogP) is 1.64. The summed E-state index contributed by atoms with van der Waals surface area (Å²) in [5.74, 6) is 0. The molecule has 2 N–H and O–H groups in total. The number of hydrogen-bond donors (Lipinski definition) is 1. The van der Waals surface area contributed by atoms with Gasteiger partial charge in [-0.15, -0.1) is 0 Å². The van der Waals surface area contributed by atoms with Crippen LogP contribution in [0.3, 0.4) is 0 Å². The molecule has 0 bridgehead atoms. The van der Waals surface area contributed by atoms with Crippen LogP contribution in [0.1, 0.15) is 6.92 Å². The lowest BCUT2D eigenvalue weighted by atomic mass is 10.3. The molecule has 1 atom stereocenters. The molecular weight excluding hydrogens is 280 g/mol. The van der Waals surface area contributed by atoms with Crippen molar-refractivity contribution in [1.82, 2.24) is 4.31 Å². The lowest BCUT2D eigenvalue weighted by molar-refractivity contribution is 0.451. The van der Waals surface area contributed by atoms with Crippen molar-refractivity contribution in [3.05, 3.63) is 29.3 Å². The van der Waals surface area contributed by atoms with Gasteiger partial charge in [0.1, 0.15) is 0 Å². The van der Waals surface area contributed by atoms with Gasteiger partial charge in [0.25, 0.3) is 0 Å². The standard InChI is InChI=1S/C10H13ClN2O2S2/c1-7(10(12)16)13(2)17(14,15)9-5-3-4-8(11)6-9/h3-7H,1-2H3,(H2,12,16). The van der Waals surface area contributed by atoms with Crippen molar-refractivity contribution in [2.45, 2.75) is 17.9 Å². The molecule has 1 aromatic carbocycles. The number of hydrogen-bond acceptors (Lipinski definition) is 3. The quantitative estimate of drug-likeness (QED) is 0.857. The Balaban J connectivity index is 3.16. The summed E-state index contributed by atoms with van der Waals surface area (Å²) in [6.07, 6.45) is 0. The Morgan fingerprint density at radius 3 is 2.59 bits per heavy atom.